The fraction of sp³-hybridized carbons (Fsp3) is 0.263. The van der Waals surface area contributed by atoms with Crippen molar-refractivity contribution in [3.05, 3.63) is 68.5 Å². The fourth-order valence-electron chi connectivity index (χ4n) is 2.80. The summed E-state index contributed by atoms with van der Waals surface area (Å²) in [7, 11) is 2.92. The Morgan fingerprint density at radius 2 is 1.79 bits per heavy atom. The first-order valence-corrected chi connectivity index (χ1v) is 8.60. The van der Waals surface area contributed by atoms with Crippen molar-refractivity contribution in [2.24, 2.45) is 14.1 Å². The van der Waals surface area contributed by atoms with Crippen LogP contribution in [0.25, 0.3) is 11.0 Å². The highest BCUT2D eigenvalue weighted by Crippen LogP contribution is 2.13. The number of aryl methyl sites for hydroxylation is 1. The van der Waals surface area contributed by atoms with E-state index in [9.17, 15) is 14.4 Å². The Balaban J connectivity index is 0.00000210. The molecule has 156 valence electrons. The molecule has 0 bridgehead atoms. The van der Waals surface area contributed by atoms with Gasteiger partial charge in [-0.2, -0.15) is 0 Å². The summed E-state index contributed by atoms with van der Waals surface area (Å²) in [5, 5.41) is 6.31. The molecule has 0 spiro atoms. The highest BCUT2D eigenvalue weighted by molar-refractivity contribution is 6.03. The predicted molar refractivity (Wildman–Crippen MR) is 118 cm³/mol. The summed E-state index contributed by atoms with van der Waals surface area (Å²) in [6.45, 7) is 3.59. The lowest BCUT2D eigenvalue weighted by atomic mass is 10.2. The van der Waals surface area contributed by atoms with Gasteiger partial charge in [0.05, 0.1) is 5.39 Å². The molecule has 2 heterocycles. The van der Waals surface area contributed by atoms with Crippen molar-refractivity contribution in [3.8, 4) is 0 Å². The molecule has 1 amide bonds. The number of benzene rings is 1. The summed E-state index contributed by atoms with van der Waals surface area (Å²) in [5.41, 5.74) is 1.07. The number of nitrogens with one attached hydrogen (secondary N) is 2. The third kappa shape index (κ3) is 5.03. The monoisotopic (exact) mass is 439 g/mol. The number of halogens is 2. The molecule has 0 aliphatic heterocycles. The van der Waals surface area contributed by atoms with Gasteiger partial charge in [-0.3, -0.25) is 18.7 Å². The Hall–Kier alpha value is -2.68. The third-order valence-electron chi connectivity index (χ3n) is 4.30. The van der Waals surface area contributed by atoms with E-state index in [-0.39, 0.29) is 41.5 Å². The largest absolute Gasteiger partial charge is 0.332 e. The van der Waals surface area contributed by atoms with Gasteiger partial charge < -0.3 is 10.6 Å². The number of hydrogen-bond donors (Lipinski definition) is 2. The maximum atomic E-state index is 12.6. The lowest BCUT2D eigenvalue weighted by molar-refractivity contribution is 0.102. The summed E-state index contributed by atoms with van der Waals surface area (Å²) in [6, 6.07) is 10.5. The third-order valence-corrected chi connectivity index (χ3v) is 4.30. The van der Waals surface area contributed by atoms with Crippen molar-refractivity contribution in [2.45, 2.75) is 13.5 Å². The first kappa shape index (κ1) is 24.4. The van der Waals surface area contributed by atoms with Crippen LogP contribution in [0.15, 0.2) is 46.0 Å². The quantitative estimate of drug-likeness (QED) is 0.631. The van der Waals surface area contributed by atoms with Crippen molar-refractivity contribution in [1.82, 2.24) is 19.4 Å². The van der Waals surface area contributed by atoms with E-state index in [0.29, 0.717) is 12.2 Å². The highest BCUT2D eigenvalue weighted by Gasteiger charge is 2.14. The normalized spacial score (nSPS) is 10.2. The Bertz CT molecular complexity index is 1140. The minimum Gasteiger partial charge on any atom is -0.321 e. The molecule has 0 aliphatic carbocycles. The lowest BCUT2D eigenvalue weighted by Crippen LogP contribution is -2.37. The second kappa shape index (κ2) is 10.2. The van der Waals surface area contributed by atoms with Gasteiger partial charge in [-0.25, -0.2) is 9.78 Å². The topological polar surface area (TPSA) is 98.0 Å². The maximum Gasteiger partial charge on any atom is 0.332 e. The average Bonchev–Trinajstić information content (AvgIpc) is 2.69. The van der Waals surface area contributed by atoms with Gasteiger partial charge in [0.2, 0.25) is 0 Å². The van der Waals surface area contributed by atoms with Crippen LogP contribution < -0.4 is 21.9 Å². The molecule has 0 atom stereocenters. The zero-order chi connectivity index (χ0) is 19.6. The Morgan fingerprint density at radius 1 is 1.07 bits per heavy atom. The van der Waals surface area contributed by atoms with Crippen LogP contribution in [0.4, 0.5) is 5.69 Å². The summed E-state index contributed by atoms with van der Waals surface area (Å²) in [6.07, 6.45) is 0. The number of amides is 1. The van der Waals surface area contributed by atoms with E-state index < -0.39 is 17.2 Å². The molecule has 2 aromatic heterocycles. The molecule has 0 radical (unpaired) electrons. The van der Waals surface area contributed by atoms with Gasteiger partial charge in [0.15, 0.2) is 0 Å². The van der Waals surface area contributed by atoms with Crippen LogP contribution in [0.2, 0.25) is 0 Å². The van der Waals surface area contributed by atoms with Crippen LogP contribution in [0.5, 0.6) is 0 Å². The Kier molecular flexibility index (Phi) is 8.57. The molecule has 0 saturated heterocycles. The number of anilines is 1. The number of carbonyl (C=O) groups is 1. The Morgan fingerprint density at radius 3 is 2.48 bits per heavy atom. The summed E-state index contributed by atoms with van der Waals surface area (Å²) >= 11 is 0. The molecule has 10 heteroatoms. The number of carbonyl (C=O) groups excluding carboxylic acids is 1. The van der Waals surface area contributed by atoms with Crippen LogP contribution >= 0.6 is 24.8 Å². The minimum absolute atomic E-state index is 0. The van der Waals surface area contributed by atoms with E-state index in [1.54, 1.807) is 6.07 Å². The smallest absolute Gasteiger partial charge is 0.321 e. The van der Waals surface area contributed by atoms with E-state index in [1.807, 2.05) is 25.1 Å². The molecule has 0 fully saturated rings. The summed E-state index contributed by atoms with van der Waals surface area (Å²) in [4.78, 5) is 41.1. The summed E-state index contributed by atoms with van der Waals surface area (Å²) in [5.74, 6) is -0.411. The van der Waals surface area contributed by atoms with Crippen molar-refractivity contribution < 1.29 is 4.79 Å². The average molecular weight is 440 g/mol. The second-order valence-electron chi connectivity index (χ2n) is 6.21. The number of aromatic nitrogens is 3. The zero-order valence-electron chi connectivity index (χ0n) is 16.3. The number of nitrogens with zero attached hydrogens (tertiary/aromatic N) is 3. The van der Waals surface area contributed by atoms with Gasteiger partial charge in [0.25, 0.3) is 11.5 Å². The first-order valence-electron chi connectivity index (χ1n) is 8.60. The van der Waals surface area contributed by atoms with Crippen LogP contribution in [0.1, 0.15) is 23.0 Å². The number of hydrogen-bond acceptors (Lipinski definition) is 5. The molecule has 0 aliphatic rings. The second-order valence-corrected chi connectivity index (χ2v) is 6.21. The Labute approximate surface area is 179 Å². The number of rotatable bonds is 5. The van der Waals surface area contributed by atoms with Crippen LogP contribution in [-0.2, 0) is 20.6 Å². The van der Waals surface area contributed by atoms with Gasteiger partial charge in [0, 0.05) is 26.3 Å². The number of fused-ring (bicyclic) bond motifs is 1. The van der Waals surface area contributed by atoms with E-state index in [4.69, 9.17) is 0 Å². The van der Waals surface area contributed by atoms with Crippen LogP contribution in [0.3, 0.4) is 0 Å². The zero-order valence-corrected chi connectivity index (χ0v) is 17.9. The molecule has 8 nitrogen and oxygen atoms in total. The van der Waals surface area contributed by atoms with E-state index >= 15 is 0 Å². The van der Waals surface area contributed by atoms with Gasteiger partial charge >= 0.3 is 5.69 Å². The molecular formula is C19H23Cl2N5O3. The first-order chi connectivity index (χ1) is 12.9. The van der Waals surface area contributed by atoms with E-state index in [0.717, 1.165) is 16.7 Å². The summed E-state index contributed by atoms with van der Waals surface area (Å²) < 4.78 is 2.27. The molecule has 29 heavy (non-hydrogen) atoms. The molecule has 0 saturated carbocycles. The van der Waals surface area contributed by atoms with Gasteiger partial charge in [-0.15, -0.1) is 24.8 Å². The van der Waals surface area contributed by atoms with Crippen LogP contribution in [0, 0.1) is 0 Å². The molecule has 3 aromatic rings. The predicted octanol–water partition coefficient (Wildman–Crippen LogP) is 1.84. The molecule has 3 rings (SSSR count). The maximum absolute atomic E-state index is 12.6. The van der Waals surface area contributed by atoms with Gasteiger partial charge in [-0.05, 0) is 36.4 Å². The van der Waals surface area contributed by atoms with Crippen LogP contribution in [-0.4, -0.2) is 26.6 Å². The van der Waals surface area contributed by atoms with E-state index in [1.165, 1.54) is 30.8 Å². The molecule has 2 N–H and O–H groups in total. The SMILES string of the molecule is CCNCc1cccc(NC(=O)c2ccc3c(=O)n(C)c(=O)n(C)c3n2)c1.Cl.Cl. The van der Waals surface area contributed by atoms with Crippen molar-refractivity contribution in [2.75, 3.05) is 11.9 Å². The van der Waals surface area contributed by atoms with Crippen molar-refractivity contribution >= 4 is 47.4 Å². The molecule has 0 unspecified atom stereocenters. The molecular weight excluding hydrogens is 417 g/mol. The molecule has 1 aromatic carbocycles. The minimum atomic E-state index is -0.492. The standard InChI is InChI=1S/C19H21N5O3.2ClH/c1-4-20-11-12-6-5-7-13(10-12)21-17(25)15-9-8-14-16(22-15)23(2)19(27)24(3)18(14)26;;/h5-10,20H,4,11H2,1-3H3,(H,21,25);2*1H. The van der Waals surface area contributed by atoms with Gasteiger partial charge in [0.1, 0.15) is 11.3 Å². The lowest BCUT2D eigenvalue weighted by Gasteiger charge is -2.10. The van der Waals surface area contributed by atoms with Gasteiger partial charge in [-0.1, -0.05) is 19.1 Å². The van der Waals surface area contributed by atoms with E-state index in [2.05, 4.69) is 15.6 Å². The number of pyridine rings is 1. The fourth-order valence-corrected chi connectivity index (χ4v) is 2.80. The van der Waals surface area contributed by atoms with Crippen molar-refractivity contribution in [3.63, 3.8) is 0 Å². The highest BCUT2D eigenvalue weighted by atomic mass is 35.5. The van der Waals surface area contributed by atoms with Crippen molar-refractivity contribution in [1.29, 1.82) is 0 Å².